The maximum atomic E-state index is 13.0. The Labute approximate surface area is 168 Å². The molecule has 0 aliphatic carbocycles. The Kier molecular flexibility index (Phi) is 4.96. The molecule has 1 aromatic heterocycles. The van der Waals surface area contributed by atoms with E-state index < -0.39 is 0 Å². The number of rotatable bonds is 4. The number of para-hydroxylation sites is 1. The third-order valence-corrected chi connectivity index (χ3v) is 4.86. The minimum absolute atomic E-state index is 0.235. The normalized spacial score (nSPS) is 10.6. The lowest BCUT2D eigenvalue weighted by Gasteiger charge is -2.07. The first-order chi connectivity index (χ1) is 13.6. The molecule has 138 valence electrons. The smallest absolute Gasteiger partial charge is 0.259 e. The molecule has 0 spiro atoms. The summed E-state index contributed by atoms with van der Waals surface area (Å²) in [6.45, 7) is 1.92. The van der Waals surface area contributed by atoms with Gasteiger partial charge in [-0.25, -0.2) is 4.68 Å². The molecule has 0 aliphatic heterocycles. The van der Waals surface area contributed by atoms with E-state index in [1.165, 1.54) is 0 Å². The number of aromatic nitrogens is 2. The lowest BCUT2D eigenvalue weighted by atomic mass is 10.1. The first-order valence-corrected chi connectivity index (χ1v) is 9.27. The number of carbonyl (C=O) groups excluding carboxylic acids is 1. The zero-order valence-corrected chi connectivity index (χ0v) is 16.0. The van der Waals surface area contributed by atoms with Gasteiger partial charge in [0.15, 0.2) is 0 Å². The average molecular weight is 388 g/mol. The molecule has 4 nitrogen and oxygen atoms in total. The van der Waals surface area contributed by atoms with Gasteiger partial charge in [-0.05, 0) is 36.8 Å². The summed E-state index contributed by atoms with van der Waals surface area (Å²) in [5, 5.41) is 8.21. The molecule has 4 aromatic rings. The molecule has 0 saturated carbocycles. The van der Waals surface area contributed by atoms with Crippen molar-refractivity contribution >= 4 is 23.2 Å². The van der Waals surface area contributed by atoms with E-state index in [0.29, 0.717) is 22.0 Å². The highest BCUT2D eigenvalue weighted by molar-refractivity contribution is 6.31. The molecule has 1 N–H and O–H groups in total. The molecule has 0 saturated heterocycles. The van der Waals surface area contributed by atoms with Crippen LogP contribution in [0.3, 0.4) is 0 Å². The molecular weight excluding hydrogens is 370 g/mol. The molecule has 1 amide bonds. The number of nitrogens with zero attached hydrogens (tertiary/aromatic N) is 2. The maximum absolute atomic E-state index is 13.0. The van der Waals surface area contributed by atoms with E-state index in [1.54, 1.807) is 16.9 Å². The van der Waals surface area contributed by atoms with Gasteiger partial charge in [0.2, 0.25) is 0 Å². The predicted octanol–water partition coefficient (Wildman–Crippen LogP) is 5.75. The third kappa shape index (κ3) is 3.68. The molecule has 3 aromatic carbocycles. The number of halogens is 1. The topological polar surface area (TPSA) is 46.9 Å². The number of carbonyl (C=O) groups is 1. The summed E-state index contributed by atoms with van der Waals surface area (Å²) in [5.41, 5.74) is 4.49. The van der Waals surface area contributed by atoms with Gasteiger partial charge >= 0.3 is 0 Å². The van der Waals surface area contributed by atoms with Crippen LogP contribution in [-0.2, 0) is 0 Å². The van der Waals surface area contributed by atoms with Crippen LogP contribution in [0, 0.1) is 6.92 Å². The van der Waals surface area contributed by atoms with Crippen molar-refractivity contribution in [1.29, 1.82) is 0 Å². The Bertz CT molecular complexity index is 1120. The fourth-order valence-corrected chi connectivity index (χ4v) is 3.11. The largest absolute Gasteiger partial charge is 0.322 e. The van der Waals surface area contributed by atoms with Gasteiger partial charge in [-0.1, -0.05) is 66.2 Å². The van der Waals surface area contributed by atoms with E-state index in [9.17, 15) is 4.79 Å². The third-order valence-electron chi connectivity index (χ3n) is 4.46. The van der Waals surface area contributed by atoms with Crippen molar-refractivity contribution in [2.45, 2.75) is 6.92 Å². The van der Waals surface area contributed by atoms with E-state index in [0.717, 1.165) is 16.8 Å². The average Bonchev–Trinajstić information content (AvgIpc) is 3.18. The van der Waals surface area contributed by atoms with Gasteiger partial charge in [-0.2, -0.15) is 5.10 Å². The highest BCUT2D eigenvalue weighted by Gasteiger charge is 2.19. The fourth-order valence-electron chi connectivity index (χ4n) is 2.93. The Hall–Kier alpha value is -3.37. The summed E-state index contributed by atoms with van der Waals surface area (Å²) < 4.78 is 1.72. The van der Waals surface area contributed by atoms with Crippen LogP contribution < -0.4 is 5.32 Å². The first kappa shape index (κ1) is 18.0. The number of aryl methyl sites for hydroxylation is 1. The van der Waals surface area contributed by atoms with Crippen LogP contribution in [0.15, 0.2) is 85.1 Å². The minimum Gasteiger partial charge on any atom is -0.322 e. The van der Waals surface area contributed by atoms with E-state index in [4.69, 9.17) is 11.6 Å². The minimum atomic E-state index is -0.235. The Morgan fingerprint density at radius 1 is 0.964 bits per heavy atom. The van der Waals surface area contributed by atoms with Crippen LogP contribution in [0.1, 0.15) is 15.9 Å². The lowest BCUT2D eigenvalue weighted by Crippen LogP contribution is -2.12. The molecule has 28 heavy (non-hydrogen) atoms. The van der Waals surface area contributed by atoms with Gasteiger partial charge in [0, 0.05) is 22.5 Å². The van der Waals surface area contributed by atoms with Gasteiger partial charge in [0.25, 0.3) is 5.91 Å². The quantitative estimate of drug-likeness (QED) is 0.484. The second-order valence-electron chi connectivity index (χ2n) is 6.46. The number of hydrogen-bond donors (Lipinski definition) is 1. The number of benzene rings is 3. The van der Waals surface area contributed by atoms with Crippen LogP contribution in [0.4, 0.5) is 5.69 Å². The molecule has 0 aliphatic rings. The number of hydrogen-bond acceptors (Lipinski definition) is 2. The van der Waals surface area contributed by atoms with Crippen LogP contribution in [0.5, 0.6) is 0 Å². The van der Waals surface area contributed by atoms with Crippen molar-refractivity contribution in [3.63, 3.8) is 0 Å². The number of anilines is 1. The van der Waals surface area contributed by atoms with Crippen molar-refractivity contribution in [3.05, 3.63) is 101 Å². The molecule has 0 bridgehead atoms. The second-order valence-corrected chi connectivity index (χ2v) is 6.86. The van der Waals surface area contributed by atoms with E-state index >= 15 is 0 Å². The van der Waals surface area contributed by atoms with Crippen molar-refractivity contribution in [2.24, 2.45) is 0 Å². The molecular formula is C23H18ClN3O. The zero-order valence-electron chi connectivity index (χ0n) is 15.3. The summed E-state index contributed by atoms with van der Waals surface area (Å²) >= 11 is 6.19. The molecule has 0 fully saturated rings. The van der Waals surface area contributed by atoms with E-state index in [-0.39, 0.29) is 5.91 Å². The molecule has 0 atom stereocenters. The standard InChI is InChI=1S/C23H18ClN3O/c1-16-12-13-18(14-21(16)24)25-23(28)20-15-27(19-10-6-3-7-11-19)26-22(20)17-8-4-2-5-9-17/h2-15H,1H3,(H,25,28). The van der Waals surface area contributed by atoms with Gasteiger partial charge in [-0.15, -0.1) is 0 Å². The summed E-state index contributed by atoms with van der Waals surface area (Å²) in [4.78, 5) is 13.0. The fraction of sp³-hybridized carbons (Fsp3) is 0.0435. The van der Waals surface area contributed by atoms with Crippen molar-refractivity contribution in [2.75, 3.05) is 5.32 Å². The summed E-state index contributed by atoms with van der Waals surface area (Å²) in [6, 6.07) is 24.9. The second kappa shape index (κ2) is 7.71. The van der Waals surface area contributed by atoms with E-state index in [1.807, 2.05) is 79.7 Å². The van der Waals surface area contributed by atoms with Gasteiger partial charge in [0.1, 0.15) is 5.69 Å². The predicted molar refractivity (Wildman–Crippen MR) is 113 cm³/mol. The summed E-state index contributed by atoms with van der Waals surface area (Å²) in [5.74, 6) is -0.235. The number of amides is 1. The molecule has 1 heterocycles. The zero-order chi connectivity index (χ0) is 19.5. The van der Waals surface area contributed by atoms with Crippen LogP contribution in [-0.4, -0.2) is 15.7 Å². The summed E-state index contributed by atoms with van der Waals surface area (Å²) in [6.07, 6.45) is 1.75. The molecule has 0 radical (unpaired) electrons. The molecule has 5 heteroatoms. The van der Waals surface area contributed by atoms with Gasteiger partial charge in [0.05, 0.1) is 11.3 Å². The highest BCUT2D eigenvalue weighted by Crippen LogP contribution is 2.26. The Morgan fingerprint density at radius 3 is 2.32 bits per heavy atom. The lowest BCUT2D eigenvalue weighted by molar-refractivity contribution is 0.102. The van der Waals surface area contributed by atoms with Crippen LogP contribution >= 0.6 is 11.6 Å². The SMILES string of the molecule is Cc1ccc(NC(=O)c2cn(-c3ccccc3)nc2-c2ccccc2)cc1Cl. The maximum Gasteiger partial charge on any atom is 0.259 e. The van der Waals surface area contributed by atoms with E-state index in [2.05, 4.69) is 10.4 Å². The van der Waals surface area contributed by atoms with Crippen molar-refractivity contribution in [1.82, 2.24) is 9.78 Å². The van der Waals surface area contributed by atoms with Gasteiger partial charge in [-0.3, -0.25) is 4.79 Å². The Balaban J connectivity index is 1.75. The van der Waals surface area contributed by atoms with Crippen LogP contribution in [0.25, 0.3) is 16.9 Å². The molecule has 0 unspecified atom stereocenters. The van der Waals surface area contributed by atoms with Crippen LogP contribution in [0.2, 0.25) is 5.02 Å². The molecule has 4 rings (SSSR count). The van der Waals surface area contributed by atoms with Crippen molar-refractivity contribution in [3.8, 4) is 16.9 Å². The summed E-state index contributed by atoms with van der Waals surface area (Å²) in [7, 11) is 0. The highest BCUT2D eigenvalue weighted by atomic mass is 35.5. The Morgan fingerprint density at radius 2 is 1.64 bits per heavy atom. The number of nitrogens with one attached hydrogen (secondary N) is 1. The van der Waals surface area contributed by atoms with Crippen molar-refractivity contribution < 1.29 is 4.79 Å². The first-order valence-electron chi connectivity index (χ1n) is 8.90. The van der Waals surface area contributed by atoms with Gasteiger partial charge < -0.3 is 5.32 Å². The monoisotopic (exact) mass is 387 g/mol.